The number of carbonyl (C=O) groups is 2. The van der Waals surface area contributed by atoms with Crippen LogP contribution in [0.15, 0.2) is 29.8 Å². The van der Waals surface area contributed by atoms with E-state index in [4.69, 9.17) is 4.74 Å². The zero-order valence-corrected chi connectivity index (χ0v) is 15.1. The Balaban J connectivity index is 1.88. The predicted octanol–water partition coefficient (Wildman–Crippen LogP) is 3.20. The number of rotatable bonds is 5. The quantitative estimate of drug-likeness (QED) is 0.798. The second-order valence-corrected chi connectivity index (χ2v) is 7.08. The van der Waals surface area contributed by atoms with Crippen molar-refractivity contribution in [1.29, 1.82) is 0 Å². The number of alkyl carbamates (subject to hydrolysis) is 1. The van der Waals surface area contributed by atoms with E-state index in [1.807, 2.05) is 0 Å². The second kappa shape index (κ2) is 8.06. The molecule has 6 nitrogen and oxygen atoms in total. The molecule has 2 amide bonds. The molecule has 25 heavy (non-hydrogen) atoms. The maximum atomic E-state index is 13.4. The Morgan fingerprint density at radius 2 is 1.96 bits per heavy atom. The topological polar surface area (TPSA) is 80.3 Å². The highest BCUT2D eigenvalue weighted by atomic mass is 32.1. The minimum Gasteiger partial charge on any atom is -0.444 e. The van der Waals surface area contributed by atoms with Crippen LogP contribution in [0.1, 0.15) is 31.3 Å². The van der Waals surface area contributed by atoms with E-state index in [1.54, 1.807) is 32.9 Å². The summed E-state index contributed by atoms with van der Waals surface area (Å²) in [5, 5.41) is 5.22. The van der Waals surface area contributed by atoms with E-state index in [1.165, 1.54) is 29.0 Å². The van der Waals surface area contributed by atoms with Crippen LogP contribution in [0.25, 0.3) is 10.4 Å². The minimum absolute atomic E-state index is 0.220. The number of benzene rings is 1. The molecule has 0 aliphatic heterocycles. The maximum Gasteiger partial charge on any atom is 0.407 e. The molecule has 2 rings (SSSR count). The van der Waals surface area contributed by atoms with Crippen molar-refractivity contribution in [2.24, 2.45) is 0 Å². The molecule has 1 aromatic carbocycles. The van der Waals surface area contributed by atoms with Crippen molar-refractivity contribution in [3.8, 4) is 10.4 Å². The summed E-state index contributed by atoms with van der Waals surface area (Å²) in [5.74, 6) is -0.759. The molecule has 0 spiro atoms. The molecule has 1 aromatic heterocycles. The standard InChI is InChI=1S/C17H20FN3O3S/c1-17(2,3)24-16(23)20-8-7-19-15(22)13-14(25-10-21-13)11-5-4-6-12(18)9-11/h4-6,9-10H,7-8H2,1-3H3,(H,19,22)(H,20,23). The van der Waals surface area contributed by atoms with E-state index in [0.29, 0.717) is 10.4 Å². The molecule has 0 unspecified atom stereocenters. The first-order valence-corrected chi connectivity index (χ1v) is 8.59. The first-order chi connectivity index (χ1) is 11.8. The lowest BCUT2D eigenvalue weighted by Gasteiger charge is -2.19. The molecule has 0 aliphatic carbocycles. The third-order valence-corrected chi connectivity index (χ3v) is 3.82. The smallest absolute Gasteiger partial charge is 0.407 e. The van der Waals surface area contributed by atoms with Gasteiger partial charge in [0.25, 0.3) is 5.91 Å². The van der Waals surface area contributed by atoms with Crippen molar-refractivity contribution in [3.63, 3.8) is 0 Å². The molecule has 0 bridgehead atoms. The number of amides is 2. The van der Waals surface area contributed by atoms with Gasteiger partial charge in [-0.2, -0.15) is 0 Å². The van der Waals surface area contributed by atoms with E-state index in [-0.39, 0.29) is 30.5 Å². The van der Waals surface area contributed by atoms with Crippen LogP contribution in [0.4, 0.5) is 9.18 Å². The van der Waals surface area contributed by atoms with Crippen molar-refractivity contribution in [2.75, 3.05) is 13.1 Å². The van der Waals surface area contributed by atoms with Crippen molar-refractivity contribution in [3.05, 3.63) is 41.3 Å². The van der Waals surface area contributed by atoms with Crippen molar-refractivity contribution < 1.29 is 18.7 Å². The van der Waals surface area contributed by atoms with Gasteiger partial charge in [-0.3, -0.25) is 4.79 Å². The van der Waals surface area contributed by atoms with Gasteiger partial charge in [0, 0.05) is 13.1 Å². The molecule has 0 radical (unpaired) electrons. The van der Waals surface area contributed by atoms with Gasteiger partial charge in [0.1, 0.15) is 17.1 Å². The van der Waals surface area contributed by atoms with Crippen LogP contribution in [0.2, 0.25) is 0 Å². The van der Waals surface area contributed by atoms with Gasteiger partial charge in [0.2, 0.25) is 0 Å². The summed E-state index contributed by atoms with van der Waals surface area (Å²) in [6.45, 7) is 5.75. The zero-order valence-electron chi connectivity index (χ0n) is 14.3. The zero-order chi connectivity index (χ0) is 18.4. The number of nitrogens with zero attached hydrogens (tertiary/aromatic N) is 1. The van der Waals surface area contributed by atoms with E-state index < -0.39 is 11.7 Å². The van der Waals surface area contributed by atoms with Gasteiger partial charge in [-0.1, -0.05) is 12.1 Å². The molecule has 1 heterocycles. The van der Waals surface area contributed by atoms with Crippen molar-refractivity contribution in [2.45, 2.75) is 26.4 Å². The Kier molecular flexibility index (Phi) is 6.08. The molecule has 2 N–H and O–H groups in total. The highest BCUT2D eigenvalue weighted by molar-refractivity contribution is 7.13. The lowest BCUT2D eigenvalue weighted by atomic mass is 10.1. The van der Waals surface area contributed by atoms with Crippen LogP contribution in [0.5, 0.6) is 0 Å². The first kappa shape index (κ1) is 18.9. The third-order valence-electron chi connectivity index (χ3n) is 2.95. The lowest BCUT2D eigenvalue weighted by molar-refractivity contribution is 0.0526. The van der Waals surface area contributed by atoms with Crippen LogP contribution in [-0.2, 0) is 4.74 Å². The Hall–Kier alpha value is -2.48. The molecule has 0 saturated carbocycles. The summed E-state index contributed by atoms with van der Waals surface area (Å²) in [7, 11) is 0. The number of aromatic nitrogens is 1. The highest BCUT2D eigenvalue weighted by Crippen LogP contribution is 2.28. The predicted molar refractivity (Wildman–Crippen MR) is 94.1 cm³/mol. The molecule has 0 fully saturated rings. The van der Waals surface area contributed by atoms with Crippen LogP contribution in [0.3, 0.4) is 0 Å². The molecule has 8 heteroatoms. The number of halogens is 1. The molecule has 134 valence electrons. The fourth-order valence-corrected chi connectivity index (χ4v) is 2.76. The van der Waals surface area contributed by atoms with Crippen LogP contribution < -0.4 is 10.6 Å². The van der Waals surface area contributed by atoms with Crippen LogP contribution >= 0.6 is 11.3 Å². The average Bonchev–Trinajstić information content (AvgIpc) is 2.99. The van der Waals surface area contributed by atoms with Gasteiger partial charge in [0.15, 0.2) is 0 Å². The van der Waals surface area contributed by atoms with Crippen molar-refractivity contribution >= 4 is 23.3 Å². The molecular formula is C17H20FN3O3S. The molecular weight excluding hydrogens is 345 g/mol. The largest absolute Gasteiger partial charge is 0.444 e. The SMILES string of the molecule is CC(C)(C)OC(=O)NCCNC(=O)c1ncsc1-c1cccc(F)c1. The lowest BCUT2D eigenvalue weighted by Crippen LogP contribution is -2.38. The van der Waals surface area contributed by atoms with E-state index >= 15 is 0 Å². The van der Waals surface area contributed by atoms with Crippen molar-refractivity contribution in [1.82, 2.24) is 15.6 Å². The summed E-state index contributed by atoms with van der Waals surface area (Å²) in [6.07, 6.45) is -0.546. The summed E-state index contributed by atoms with van der Waals surface area (Å²) in [5.41, 5.74) is 1.79. The Bertz CT molecular complexity index is 756. The Morgan fingerprint density at radius 1 is 1.24 bits per heavy atom. The molecule has 2 aromatic rings. The number of carbonyl (C=O) groups excluding carboxylic acids is 2. The number of hydrogen-bond donors (Lipinski definition) is 2. The van der Waals surface area contributed by atoms with Gasteiger partial charge >= 0.3 is 6.09 Å². The number of ether oxygens (including phenoxy) is 1. The Morgan fingerprint density at radius 3 is 2.64 bits per heavy atom. The molecule has 0 aliphatic rings. The normalized spacial score (nSPS) is 11.0. The third kappa shape index (κ3) is 5.82. The molecule has 0 atom stereocenters. The summed E-state index contributed by atoms with van der Waals surface area (Å²) in [6, 6.07) is 6.00. The summed E-state index contributed by atoms with van der Waals surface area (Å²) < 4.78 is 18.5. The highest BCUT2D eigenvalue weighted by Gasteiger charge is 2.17. The fraction of sp³-hybridized carbons (Fsp3) is 0.353. The van der Waals surface area contributed by atoms with Gasteiger partial charge in [-0.25, -0.2) is 14.2 Å². The van der Waals surface area contributed by atoms with E-state index in [0.717, 1.165) is 0 Å². The van der Waals surface area contributed by atoms with Gasteiger partial charge in [-0.15, -0.1) is 11.3 Å². The number of nitrogens with one attached hydrogen (secondary N) is 2. The molecule has 0 saturated heterocycles. The fourth-order valence-electron chi connectivity index (χ4n) is 1.98. The van der Waals surface area contributed by atoms with E-state index in [9.17, 15) is 14.0 Å². The summed E-state index contributed by atoms with van der Waals surface area (Å²) in [4.78, 5) is 28.4. The van der Waals surface area contributed by atoms with Gasteiger partial charge in [0.05, 0.1) is 10.4 Å². The van der Waals surface area contributed by atoms with Crippen LogP contribution in [0, 0.1) is 5.82 Å². The van der Waals surface area contributed by atoms with Gasteiger partial charge < -0.3 is 15.4 Å². The minimum atomic E-state index is -0.576. The maximum absolute atomic E-state index is 13.4. The summed E-state index contributed by atoms with van der Waals surface area (Å²) >= 11 is 1.26. The van der Waals surface area contributed by atoms with Gasteiger partial charge in [-0.05, 0) is 38.5 Å². The number of thiazole rings is 1. The first-order valence-electron chi connectivity index (χ1n) is 7.71. The monoisotopic (exact) mass is 365 g/mol. The number of hydrogen-bond acceptors (Lipinski definition) is 5. The average molecular weight is 365 g/mol. The van der Waals surface area contributed by atoms with E-state index in [2.05, 4.69) is 15.6 Å². The van der Waals surface area contributed by atoms with Crippen LogP contribution in [-0.4, -0.2) is 35.7 Å². The Labute approximate surface area is 149 Å². The second-order valence-electron chi connectivity index (χ2n) is 6.23.